The Balaban J connectivity index is 1.33. The van der Waals surface area contributed by atoms with Gasteiger partial charge in [0.05, 0.1) is 16.0 Å². The van der Waals surface area contributed by atoms with Crippen LogP contribution in [-0.4, -0.2) is 17.0 Å². The quantitative estimate of drug-likeness (QED) is 0.232. The number of aryl methyl sites for hydroxylation is 1. The number of carbonyl (C=O) groups is 1. The second-order valence-corrected chi connectivity index (χ2v) is 8.22. The smallest absolute Gasteiger partial charge is 0.281 e. The fourth-order valence-electron chi connectivity index (χ4n) is 2.98. The van der Waals surface area contributed by atoms with Crippen molar-refractivity contribution in [1.82, 2.24) is 5.43 Å². The van der Waals surface area contributed by atoms with Crippen LogP contribution in [0.15, 0.2) is 77.9 Å². The van der Waals surface area contributed by atoms with Crippen molar-refractivity contribution in [3.8, 4) is 5.75 Å². The first kappa shape index (κ1) is 21.2. The fraction of sp³-hybridized carbons (Fsp3) is 0.0833. The van der Waals surface area contributed by atoms with Gasteiger partial charge in [-0.25, -0.2) is 5.43 Å². The number of hydrogen-bond donors (Lipinski definition) is 1. The van der Waals surface area contributed by atoms with Gasteiger partial charge >= 0.3 is 0 Å². The van der Waals surface area contributed by atoms with E-state index in [0.29, 0.717) is 16.9 Å². The monoisotopic (exact) mass is 445 g/mol. The van der Waals surface area contributed by atoms with Crippen LogP contribution in [0.4, 0.5) is 5.69 Å². The molecular formula is C24H19N3O4S. The van der Waals surface area contributed by atoms with Gasteiger partial charge < -0.3 is 4.74 Å². The number of nitrogens with zero attached hydrogens (tertiary/aromatic N) is 2. The molecule has 4 aromatic rings. The fourth-order valence-corrected chi connectivity index (χ4v) is 3.91. The highest BCUT2D eigenvalue weighted by atomic mass is 32.1. The SMILES string of the molecule is Cc1ccc(COc2ccc(C=NNC(=O)c3cc4cc([N+](=O)[O-])ccc4s3)cc2)cc1. The van der Waals surface area contributed by atoms with E-state index in [0.717, 1.165) is 21.6 Å². The van der Waals surface area contributed by atoms with Crippen molar-refractivity contribution in [3.63, 3.8) is 0 Å². The maximum absolute atomic E-state index is 12.4. The molecule has 0 fully saturated rings. The summed E-state index contributed by atoms with van der Waals surface area (Å²) in [6, 6.07) is 21.7. The third-order valence-corrected chi connectivity index (χ3v) is 5.84. The van der Waals surface area contributed by atoms with Gasteiger partial charge in [-0.15, -0.1) is 11.3 Å². The van der Waals surface area contributed by atoms with Crippen molar-refractivity contribution in [2.24, 2.45) is 5.10 Å². The van der Waals surface area contributed by atoms with Gasteiger partial charge in [0.1, 0.15) is 12.4 Å². The second-order valence-electron chi connectivity index (χ2n) is 7.13. The molecular weight excluding hydrogens is 426 g/mol. The Hall–Kier alpha value is -4.04. The van der Waals surface area contributed by atoms with Gasteiger partial charge in [0, 0.05) is 22.2 Å². The van der Waals surface area contributed by atoms with Crippen LogP contribution in [0.2, 0.25) is 0 Å². The molecule has 0 aliphatic heterocycles. The lowest BCUT2D eigenvalue weighted by Crippen LogP contribution is -2.16. The van der Waals surface area contributed by atoms with E-state index in [2.05, 4.69) is 22.7 Å². The second kappa shape index (κ2) is 9.40. The van der Waals surface area contributed by atoms with E-state index < -0.39 is 4.92 Å². The molecule has 1 aromatic heterocycles. The number of hydrazone groups is 1. The zero-order chi connectivity index (χ0) is 22.5. The summed E-state index contributed by atoms with van der Waals surface area (Å²) in [5, 5.41) is 15.5. The van der Waals surface area contributed by atoms with E-state index in [-0.39, 0.29) is 11.6 Å². The van der Waals surface area contributed by atoms with Crippen LogP contribution >= 0.6 is 11.3 Å². The number of carbonyl (C=O) groups excluding carboxylic acids is 1. The molecule has 8 heteroatoms. The van der Waals surface area contributed by atoms with Crippen molar-refractivity contribution in [2.45, 2.75) is 13.5 Å². The van der Waals surface area contributed by atoms with Crippen molar-refractivity contribution in [2.75, 3.05) is 0 Å². The van der Waals surface area contributed by atoms with Gasteiger partial charge in [-0.2, -0.15) is 5.10 Å². The summed E-state index contributed by atoms with van der Waals surface area (Å²) in [5.41, 5.74) is 5.59. The van der Waals surface area contributed by atoms with Crippen molar-refractivity contribution < 1.29 is 14.5 Å². The van der Waals surface area contributed by atoms with Gasteiger partial charge in [0.2, 0.25) is 0 Å². The van der Waals surface area contributed by atoms with Crippen molar-refractivity contribution in [1.29, 1.82) is 0 Å². The molecule has 1 N–H and O–H groups in total. The van der Waals surface area contributed by atoms with Gasteiger partial charge in [0.15, 0.2) is 0 Å². The Morgan fingerprint density at radius 2 is 1.84 bits per heavy atom. The topological polar surface area (TPSA) is 93.8 Å². The van der Waals surface area contributed by atoms with Crippen molar-refractivity contribution >= 4 is 39.2 Å². The lowest BCUT2D eigenvalue weighted by atomic mass is 10.2. The Labute approximate surface area is 188 Å². The average Bonchev–Trinajstić information content (AvgIpc) is 3.23. The highest BCUT2D eigenvalue weighted by Gasteiger charge is 2.12. The van der Waals surface area contributed by atoms with Crippen LogP contribution in [0.25, 0.3) is 10.1 Å². The maximum Gasteiger partial charge on any atom is 0.281 e. The van der Waals surface area contributed by atoms with E-state index in [9.17, 15) is 14.9 Å². The summed E-state index contributed by atoms with van der Waals surface area (Å²) in [4.78, 5) is 23.2. The Morgan fingerprint density at radius 1 is 1.09 bits per heavy atom. The number of fused-ring (bicyclic) bond motifs is 1. The number of non-ortho nitro benzene ring substituents is 1. The minimum Gasteiger partial charge on any atom is -0.489 e. The number of thiophene rings is 1. The molecule has 0 aliphatic rings. The number of ether oxygens (including phenoxy) is 1. The number of amides is 1. The molecule has 0 bridgehead atoms. The highest BCUT2D eigenvalue weighted by Crippen LogP contribution is 2.28. The Morgan fingerprint density at radius 3 is 2.56 bits per heavy atom. The van der Waals surface area contributed by atoms with E-state index in [4.69, 9.17) is 4.74 Å². The lowest BCUT2D eigenvalue weighted by Gasteiger charge is -2.06. The Bertz CT molecular complexity index is 1300. The molecule has 0 saturated heterocycles. The molecule has 0 saturated carbocycles. The van der Waals surface area contributed by atoms with Crippen molar-refractivity contribution in [3.05, 3.63) is 104 Å². The normalized spacial score (nSPS) is 11.0. The van der Waals surface area contributed by atoms with Crippen LogP contribution in [0.3, 0.4) is 0 Å². The molecule has 160 valence electrons. The number of benzene rings is 3. The van der Waals surface area contributed by atoms with Crippen LogP contribution in [0.5, 0.6) is 5.75 Å². The molecule has 1 amide bonds. The minimum absolute atomic E-state index is 0.00780. The summed E-state index contributed by atoms with van der Waals surface area (Å²) >= 11 is 1.25. The number of nitrogens with one attached hydrogen (secondary N) is 1. The maximum atomic E-state index is 12.4. The van der Waals surface area contributed by atoms with Gasteiger partial charge in [-0.3, -0.25) is 14.9 Å². The van der Waals surface area contributed by atoms with Gasteiger partial charge in [-0.05, 0) is 54.4 Å². The van der Waals surface area contributed by atoms with E-state index in [1.807, 2.05) is 43.3 Å². The standard InChI is InChI=1S/C24H19N3O4S/c1-16-2-4-18(5-3-16)15-31-21-9-6-17(7-10-21)14-25-26-24(28)23-13-19-12-20(27(29)30)8-11-22(19)32-23/h2-14H,15H2,1H3,(H,26,28). The zero-order valence-corrected chi connectivity index (χ0v) is 18.0. The van der Waals surface area contributed by atoms with Crippen LogP contribution in [0.1, 0.15) is 26.4 Å². The molecule has 32 heavy (non-hydrogen) atoms. The molecule has 0 radical (unpaired) electrons. The average molecular weight is 446 g/mol. The van der Waals surface area contributed by atoms with Crippen LogP contribution in [-0.2, 0) is 6.61 Å². The van der Waals surface area contributed by atoms with E-state index in [1.165, 1.54) is 29.0 Å². The molecule has 1 heterocycles. The summed E-state index contributed by atoms with van der Waals surface area (Å²) in [6.45, 7) is 2.53. The highest BCUT2D eigenvalue weighted by molar-refractivity contribution is 7.20. The van der Waals surface area contributed by atoms with Crippen LogP contribution < -0.4 is 10.2 Å². The summed E-state index contributed by atoms with van der Waals surface area (Å²) in [7, 11) is 0. The number of nitro groups is 1. The molecule has 0 spiro atoms. The molecule has 0 unspecified atom stereocenters. The first-order valence-electron chi connectivity index (χ1n) is 9.78. The number of nitro benzene ring substituents is 1. The summed E-state index contributed by atoms with van der Waals surface area (Å²) in [6.07, 6.45) is 1.54. The molecule has 0 atom stereocenters. The largest absolute Gasteiger partial charge is 0.489 e. The summed E-state index contributed by atoms with van der Waals surface area (Å²) < 4.78 is 6.58. The number of hydrogen-bond acceptors (Lipinski definition) is 6. The van der Waals surface area contributed by atoms with Gasteiger partial charge in [-0.1, -0.05) is 29.8 Å². The molecule has 4 rings (SSSR count). The van der Waals surface area contributed by atoms with Crippen LogP contribution in [0, 0.1) is 17.0 Å². The predicted molar refractivity (Wildman–Crippen MR) is 125 cm³/mol. The first-order valence-corrected chi connectivity index (χ1v) is 10.6. The predicted octanol–water partition coefficient (Wildman–Crippen LogP) is 5.46. The van der Waals surface area contributed by atoms with E-state index in [1.54, 1.807) is 18.3 Å². The Kier molecular flexibility index (Phi) is 6.23. The van der Waals surface area contributed by atoms with Gasteiger partial charge in [0.25, 0.3) is 11.6 Å². The molecule has 0 aliphatic carbocycles. The molecule has 7 nitrogen and oxygen atoms in total. The van der Waals surface area contributed by atoms with E-state index >= 15 is 0 Å². The third kappa shape index (κ3) is 5.16. The zero-order valence-electron chi connectivity index (χ0n) is 17.1. The number of rotatable bonds is 7. The molecule has 3 aromatic carbocycles. The summed E-state index contributed by atoms with van der Waals surface area (Å²) in [5.74, 6) is 0.370. The minimum atomic E-state index is -0.458. The third-order valence-electron chi connectivity index (χ3n) is 4.72. The first-order chi connectivity index (χ1) is 15.5. The lowest BCUT2D eigenvalue weighted by molar-refractivity contribution is -0.384.